The van der Waals surface area contributed by atoms with Crippen LogP contribution in [0.1, 0.15) is 0 Å². The number of benzene rings is 3. The van der Waals surface area contributed by atoms with Gasteiger partial charge in [0.2, 0.25) is 0 Å². The van der Waals surface area contributed by atoms with Crippen molar-refractivity contribution in [2.24, 2.45) is 7.05 Å². The van der Waals surface area contributed by atoms with Crippen LogP contribution in [0.2, 0.25) is 0 Å². The van der Waals surface area contributed by atoms with Crippen molar-refractivity contribution < 1.29 is 4.74 Å². The SMILES string of the molecule is COc1cccc(-c2nn(C)c3cc4ccccc4cc23)c1. The first-order valence-corrected chi connectivity index (χ1v) is 7.26. The maximum Gasteiger partial charge on any atom is 0.119 e. The van der Waals surface area contributed by atoms with Crippen LogP contribution in [0.15, 0.2) is 60.7 Å². The summed E-state index contributed by atoms with van der Waals surface area (Å²) < 4.78 is 7.27. The average molecular weight is 288 g/mol. The van der Waals surface area contributed by atoms with Crippen LogP contribution in [0.4, 0.5) is 0 Å². The fourth-order valence-corrected chi connectivity index (χ4v) is 2.93. The topological polar surface area (TPSA) is 27.1 Å². The van der Waals surface area contributed by atoms with Crippen LogP contribution in [0, 0.1) is 0 Å². The minimum Gasteiger partial charge on any atom is -0.497 e. The minimum atomic E-state index is 0.845. The van der Waals surface area contributed by atoms with Gasteiger partial charge in [-0.05, 0) is 35.0 Å². The van der Waals surface area contributed by atoms with Crippen molar-refractivity contribution in [1.82, 2.24) is 9.78 Å². The van der Waals surface area contributed by atoms with Gasteiger partial charge in [-0.25, -0.2) is 0 Å². The van der Waals surface area contributed by atoms with E-state index in [1.807, 2.05) is 29.9 Å². The smallest absolute Gasteiger partial charge is 0.119 e. The molecule has 1 aromatic heterocycles. The quantitative estimate of drug-likeness (QED) is 0.546. The third-order valence-corrected chi connectivity index (χ3v) is 4.06. The van der Waals surface area contributed by atoms with Crippen LogP contribution < -0.4 is 4.74 Å². The Balaban J connectivity index is 2.03. The monoisotopic (exact) mass is 288 g/mol. The molecule has 0 N–H and O–H groups in total. The molecule has 0 radical (unpaired) electrons. The van der Waals surface area contributed by atoms with Crippen molar-refractivity contribution >= 4 is 21.7 Å². The zero-order valence-corrected chi connectivity index (χ0v) is 12.6. The maximum absolute atomic E-state index is 5.33. The Morgan fingerprint density at radius 1 is 0.909 bits per heavy atom. The predicted octanol–water partition coefficient (Wildman–Crippen LogP) is 4.40. The highest BCUT2D eigenvalue weighted by Crippen LogP contribution is 2.32. The third kappa shape index (κ3) is 1.94. The first-order chi connectivity index (χ1) is 10.8. The molecule has 22 heavy (non-hydrogen) atoms. The van der Waals surface area contributed by atoms with Crippen molar-refractivity contribution in [3.8, 4) is 17.0 Å². The van der Waals surface area contributed by atoms with E-state index in [0.717, 1.165) is 27.9 Å². The van der Waals surface area contributed by atoms with E-state index in [1.165, 1.54) is 10.8 Å². The van der Waals surface area contributed by atoms with Gasteiger partial charge < -0.3 is 4.74 Å². The predicted molar refractivity (Wildman–Crippen MR) is 90.2 cm³/mol. The third-order valence-electron chi connectivity index (χ3n) is 4.06. The molecule has 0 saturated heterocycles. The van der Waals surface area contributed by atoms with Gasteiger partial charge in [0.15, 0.2) is 0 Å². The first kappa shape index (κ1) is 12.9. The summed E-state index contributed by atoms with van der Waals surface area (Å²) in [6.07, 6.45) is 0. The molecular weight excluding hydrogens is 272 g/mol. The van der Waals surface area contributed by atoms with E-state index in [-0.39, 0.29) is 0 Å². The number of hydrogen-bond acceptors (Lipinski definition) is 2. The molecular formula is C19H16N2O. The van der Waals surface area contributed by atoms with E-state index in [4.69, 9.17) is 9.84 Å². The van der Waals surface area contributed by atoms with E-state index in [9.17, 15) is 0 Å². The van der Waals surface area contributed by atoms with Crippen LogP contribution in [-0.4, -0.2) is 16.9 Å². The lowest BCUT2D eigenvalue weighted by atomic mass is 10.0. The molecule has 4 rings (SSSR count). The summed E-state index contributed by atoms with van der Waals surface area (Å²) in [5.41, 5.74) is 3.19. The lowest BCUT2D eigenvalue weighted by Crippen LogP contribution is -1.90. The van der Waals surface area contributed by atoms with Gasteiger partial charge in [0.25, 0.3) is 0 Å². The number of fused-ring (bicyclic) bond motifs is 2. The van der Waals surface area contributed by atoms with Gasteiger partial charge in [-0.2, -0.15) is 5.10 Å². The highest BCUT2D eigenvalue weighted by atomic mass is 16.5. The van der Waals surface area contributed by atoms with Crippen LogP contribution in [0.5, 0.6) is 5.75 Å². The molecule has 0 saturated carbocycles. The second kappa shape index (κ2) is 4.88. The number of aryl methyl sites for hydroxylation is 1. The molecule has 0 aliphatic rings. The Hall–Kier alpha value is -2.81. The Morgan fingerprint density at radius 2 is 1.68 bits per heavy atom. The number of methoxy groups -OCH3 is 1. The van der Waals surface area contributed by atoms with E-state index in [1.54, 1.807) is 7.11 Å². The Bertz CT molecular complexity index is 985. The summed E-state index contributed by atoms with van der Waals surface area (Å²) in [6, 6.07) is 20.8. The van der Waals surface area contributed by atoms with Crippen molar-refractivity contribution in [1.29, 1.82) is 0 Å². The molecule has 4 aromatic rings. The molecule has 1 heterocycles. The number of rotatable bonds is 2. The fourth-order valence-electron chi connectivity index (χ4n) is 2.93. The molecule has 0 amide bonds. The Labute approximate surface area is 128 Å². The maximum atomic E-state index is 5.33. The number of nitrogens with zero attached hydrogens (tertiary/aromatic N) is 2. The summed E-state index contributed by atoms with van der Waals surface area (Å²) in [4.78, 5) is 0. The molecule has 0 unspecified atom stereocenters. The summed E-state index contributed by atoms with van der Waals surface area (Å²) in [6.45, 7) is 0. The van der Waals surface area contributed by atoms with Crippen LogP contribution in [0.25, 0.3) is 32.9 Å². The summed E-state index contributed by atoms with van der Waals surface area (Å²) >= 11 is 0. The second-order valence-corrected chi connectivity index (χ2v) is 5.42. The van der Waals surface area contributed by atoms with Gasteiger partial charge in [0, 0.05) is 18.0 Å². The zero-order valence-electron chi connectivity index (χ0n) is 12.6. The summed E-state index contributed by atoms with van der Waals surface area (Å²) in [5.74, 6) is 0.845. The van der Waals surface area contributed by atoms with Crippen molar-refractivity contribution in [3.05, 3.63) is 60.7 Å². The Kier molecular flexibility index (Phi) is 2.86. The molecule has 0 aliphatic heterocycles. The highest BCUT2D eigenvalue weighted by molar-refractivity contribution is 6.02. The van der Waals surface area contributed by atoms with Gasteiger partial charge >= 0.3 is 0 Å². The second-order valence-electron chi connectivity index (χ2n) is 5.42. The van der Waals surface area contributed by atoms with Crippen LogP contribution >= 0.6 is 0 Å². The van der Waals surface area contributed by atoms with E-state index >= 15 is 0 Å². The normalized spacial score (nSPS) is 11.2. The molecule has 0 aliphatic carbocycles. The summed E-state index contributed by atoms with van der Waals surface area (Å²) in [7, 11) is 3.67. The molecule has 3 aromatic carbocycles. The highest BCUT2D eigenvalue weighted by Gasteiger charge is 2.12. The van der Waals surface area contributed by atoms with E-state index in [2.05, 4.69) is 42.5 Å². The van der Waals surface area contributed by atoms with Crippen LogP contribution in [0.3, 0.4) is 0 Å². The number of ether oxygens (including phenoxy) is 1. The van der Waals surface area contributed by atoms with E-state index < -0.39 is 0 Å². The van der Waals surface area contributed by atoms with Crippen molar-refractivity contribution in [2.75, 3.05) is 7.11 Å². The zero-order chi connectivity index (χ0) is 15.1. The average Bonchev–Trinajstić information content (AvgIpc) is 2.89. The number of hydrogen-bond donors (Lipinski definition) is 0. The molecule has 0 spiro atoms. The molecule has 3 nitrogen and oxygen atoms in total. The standard InChI is InChI=1S/C19H16N2O/c1-21-18-12-14-7-4-3-6-13(14)11-17(18)19(20-21)15-8-5-9-16(10-15)22-2/h3-12H,1-2H3. The molecule has 108 valence electrons. The lowest BCUT2D eigenvalue weighted by Gasteiger charge is -2.03. The van der Waals surface area contributed by atoms with Gasteiger partial charge in [0.05, 0.1) is 12.6 Å². The fraction of sp³-hybridized carbons (Fsp3) is 0.105. The van der Waals surface area contributed by atoms with Gasteiger partial charge in [-0.3, -0.25) is 4.68 Å². The number of aromatic nitrogens is 2. The van der Waals surface area contributed by atoms with Crippen molar-refractivity contribution in [2.45, 2.75) is 0 Å². The molecule has 3 heteroatoms. The summed E-state index contributed by atoms with van der Waals surface area (Å²) in [5, 5.41) is 8.34. The van der Waals surface area contributed by atoms with Gasteiger partial charge in [-0.1, -0.05) is 36.4 Å². The minimum absolute atomic E-state index is 0.845. The van der Waals surface area contributed by atoms with Gasteiger partial charge in [-0.15, -0.1) is 0 Å². The van der Waals surface area contributed by atoms with Crippen molar-refractivity contribution in [3.63, 3.8) is 0 Å². The molecule has 0 atom stereocenters. The lowest BCUT2D eigenvalue weighted by molar-refractivity contribution is 0.415. The van der Waals surface area contributed by atoms with Gasteiger partial charge in [0.1, 0.15) is 11.4 Å². The molecule has 0 bridgehead atoms. The first-order valence-electron chi connectivity index (χ1n) is 7.26. The molecule has 0 fully saturated rings. The van der Waals surface area contributed by atoms with Crippen LogP contribution in [-0.2, 0) is 7.05 Å². The Morgan fingerprint density at radius 3 is 2.45 bits per heavy atom. The largest absolute Gasteiger partial charge is 0.497 e. The van der Waals surface area contributed by atoms with E-state index in [0.29, 0.717) is 0 Å².